The van der Waals surface area contributed by atoms with Crippen LogP contribution < -0.4 is 28.1 Å². The van der Waals surface area contributed by atoms with Crippen LogP contribution in [0, 0.1) is 11.3 Å². The standard InChI is InChI=1S/C29H41.C13H10.C13H21.2ClH.Zr/c1-26(2,3)22-14-18-13-19-15-23(27(4,5)6)25(29(10,11)12)17-21(19)20(18)16-24(22)28(7,8)9;1-3-7-12(8-4-1)11-13-9-5-2-6-10-13;1-5-6-7-11-8-9-12(10-11)13(2,3)4;;;/h14,16-17H,13H2,1-12H3;1-10H;9-11H,5-7H2,1-4H3;2*1H;/q;;;;;+2/p-2. The second-order valence-corrected chi connectivity index (χ2v) is 27.9. The zero-order chi connectivity index (χ0) is 41.2. The molecule has 0 nitrogen and oxygen atoms in total. The van der Waals surface area contributed by atoms with Crippen LogP contribution in [0.2, 0.25) is 0 Å². The second kappa shape index (κ2) is 17.6. The molecule has 0 aliphatic heterocycles. The van der Waals surface area contributed by atoms with Gasteiger partial charge in [-0.25, -0.2) is 0 Å². The van der Waals surface area contributed by atoms with Crippen molar-refractivity contribution in [3.63, 3.8) is 0 Å². The van der Waals surface area contributed by atoms with Gasteiger partial charge in [0.1, 0.15) is 0 Å². The minimum atomic E-state index is -3.15. The molecule has 0 radical (unpaired) electrons. The van der Waals surface area contributed by atoms with E-state index in [-0.39, 0.29) is 51.9 Å². The molecule has 1 unspecified atom stereocenters. The third-order valence-corrected chi connectivity index (χ3v) is 20.2. The van der Waals surface area contributed by atoms with Crippen LogP contribution >= 0.6 is 0 Å². The summed E-state index contributed by atoms with van der Waals surface area (Å²) in [5, 5.41) is 0. The number of hydrogen-bond donors (Lipinski definition) is 0. The van der Waals surface area contributed by atoms with Gasteiger partial charge in [-0.1, -0.05) is 0 Å². The molecule has 3 heteroatoms. The van der Waals surface area contributed by atoms with Gasteiger partial charge in [-0.05, 0) is 0 Å². The van der Waals surface area contributed by atoms with Gasteiger partial charge in [0, 0.05) is 0 Å². The summed E-state index contributed by atoms with van der Waals surface area (Å²) in [4.78, 5) is 0. The Bertz CT molecular complexity index is 2160. The van der Waals surface area contributed by atoms with E-state index in [1.54, 1.807) is 20.9 Å². The van der Waals surface area contributed by atoms with Crippen LogP contribution in [0.4, 0.5) is 0 Å². The minimum Gasteiger partial charge on any atom is -1.00 e. The molecule has 4 aromatic rings. The van der Waals surface area contributed by atoms with E-state index in [0.717, 1.165) is 6.42 Å². The monoisotopic (exact) mass is 892 g/mol. The molecular formula is C55H72Cl2Zr. The number of benzene rings is 4. The maximum absolute atomic E-state index is 3.15. The van der Waals surface area contributed by atoms with E-state index in [4.69, 9.17) is 0 Å². The second-order valence-electron chi connectivity index (χ2n) is 22.1. The molecule has 6 rings (SSSR count). The molecule has 0 heterocycles. The molecule has 0 bridgehead atoms. The minimum absolute atomic E-state index is 0. The van der Waals surface area contributed by atoms with Gasteiger partial charge < -0.3 is 24.8 Å². The fourth-order valence-corrected chi connectivity index (χ4v) is 19.0. The van der Waals surface area contributed by atoms with E-state index < -0.39 is 21.3 Å². The molecule has 2 aliphatic carbocycles. The third-order valence-electron chi connectivity index (χ3n) is 12.2. The molecule has 0 saturated heterocycles. The molecule has 4 aromatic carbocycles. The van der Waals surface area contributed by atoms with Crippen molar-refractivity contribution in [3.8, 4) is 11.1 Å². The predicted octanol–water partition coefficient (Wildman–Crippen LogP) is 8.64. The Morgan fingerprint density at radius 2 is 1.07 bits per heavy atom. The van der Waals surface area contributed by atoms with Crippen molar-refractivity contribution in [3.05, 3.63) is 144 Å². The zero-order valence-electron chi connectivity index (χ0n) is 38.8. The van der Waals surface area contributed by atoms with Gasteiger partial charge in [-0.2, -0.15) is 0 Å². The van der Waals surface area contributed by atoms with Crippen LogP contribution in [0.3, 0.4) is 0 Å². The quantitative estimate of drug-likeness (QED) is 0.154. The van der Waals surface area contributed by atoms with E-state index in [1.165, 1.54) is 69.3 Å². The Hall–Kier alpha value is -2.31. The zero-order valence-corrected chi connectivity index (χ0v) is 42.8. The van der Waals surface area contributed by atoms with Crippen molar-refractivity contribution >= 4 is 6.48 Å². The van der Waals surface area contributed by atoms with Gasteiger partial charge in [-0.15, -0.1) is 0 Å². The largest absolute Gasteiger partial charge is 1.00 e. The van der Waals surface area contributed by atoms with E-state index in [0.29, 0.717) is 5.92 Å². The number of hydrogen-bond acceptors (Lipinski definition) is 0. The van der Waals surface area contributed by atoms with Crippen molar-refractivity contribution in [2.24, 2.45) is 11.3 Å². The SMILES string of the molecule is CCCCC1C=C(C(C)(C)C)C=[C]1[Zr+2](=[C](c1ccccc1)c1ccccc1)[c]1c2c(cc(C(C)(C)C)c1C(C)(C)C)-c1cc(C(C)(C)C)c(C(C)(C)C)cc1C2.[Cl-].[Cl-]. The molecule has 1 atom stereocenters. The summed E-state index contributed by atoms with van der Waals surface area (Å²) in [7, 11) is 0. The molecule has 0 saturated carbocycles. The van der Waals surface area contributed by atoms with Crippen LogP contribution in [0.15, 0.2) is 99.9 Å². The van der Waals surface area contributed by atoms with Crippen LogP contribution in [-0.4, -0.2) is 3.21 Å². The first-order valence-electron chi connectivity index (χ1n) is 21.6. The van der Waals surface area contributed by atoms with Crippen molar-refractivity contribution in [2.75, 3.05) is 0 Å². The molecule has 0 aromatic heterocycles. The number of fused-ring (bicyclic) bond motifs is 3. The molecule has 2 aliphatic rings. The fourth-order valence-electron chi connectivity index (χ4n) is 9.36. The van der Waals surface area contributed by atoms with E-state index in [1.807, 2.05) is 0 Å². The topological polar surface area (TPSA) is 0 Å². The average molecular weight is 895 g/mol. The summed E-state index contributed by atoms with van der Waals surface area (Å²) < 4.78 is 5.16. The molecular weight excluding hydrogens is 823 g/mol. The summed E-state index contributed by atoms with van der Waals surface area (Å²) in [6.45, 7) is 39.0. The molecule has 0 fully saturated rings. The first kappa shape index (κ1) is 48.4. The van der Waals surface area contributed by atoms with Crippen molar-refractivity contribution < 1.29 is 46.1 Å². The van der Waals surface area contributed by atoms with Crippen molar-refractivity contribution in [2.45, 2.75) is 158 Å². The van der Waals surface area contributed by atoms with Gasteiger partial charge in [-0.3, -0.25) is 0 Å². The van der Waals surface area contributed by atoms with Gasteiger partial charge in [0.2, 0.25) is 0 Å². The van der Waals surface area contributed by atoms with Gasteiger partial charge in [0.25, 0.3) is 0 Å². The van der Waals surface area contributed by atoms with E-state index in [9.17, 15) is 0 Å². The van der Waals surface area contributed by atoms with Crippen LogP contribution in [-0.2, 0) is 49.3 Å². The summed E-state index contributed by atoms with van der Waals surface area (Å²) in [5.74, 6) is 0.464. The first-order chi connectivity index (χ1) is 25.9. The predicted molar refractivity (Wildman–Crippen MR) is 244 cm³/mol. The van der Waals surface area contributed by atoms with E-state index >= 15 is 0 Å². The normalized spacial score (nSPS) is 15.3. The van der Waals surface area contributed by atoms with Gasteiger partial charge >= 0.3 is 353 Å². The molecule has 0 spiro atoms. The van der Waals surface area contributed by atoms with Gasteiger partial charge in [0.05, 0.1) is 0 Å². The molecule has 58 heavy (non-hydrogen) atoms. The maximum Gasteiger partial charge on any atom is -1.00 e. The Morgan fingerprint density at radius 3 is 1.52 bits per heavy atom. The Balaban J connectivity index is 0.00000372. The molecule has 0 N–H and O–H groups in total. The Kier molecular flexibility index (Phi) is 14.7. The summed E-state index contributed by atoms with van der Waals surface area (Å²) in [5.41, 5.74) is 16.7. The van der Waals surface area contributed by atoms with Crippen molar-refractivity contribution in [1.29, 1.82) is 0 Å². The maximum atomic E-state index is 2.75. The number of halogens is 2. The van der Waals surface area contributed by atoms with Crippen molar-refractivity contribution in [1.82, 2.24) is 0 Å². The summed E-state index contributed by atoms with van der Waals surface area (Å²) in [6, 6.07) is 31.1. The van der Waals surface area contributed by atoms with Crippen LogP contribution in [0.25, 0.3) is 11.1 Å². The fraction of sp³-hybridized carbons (Fsp3) is 0.473. The molecule has 0 amide bonds. The number of allylic oxidation sites excluding steroid dienone is 4. The number of unbranched alkanes of at least 4 members (excludes halogenated alkanes) is 1. The number of rotatable bonds is 7. The third kappa shape index (κ3) is 9.74. The summed E-state index contributed by atoms with van der Waals surface area (Å²) in [6.07, 6.45) is 10.2. The Labute approximate surface area is 374 Å². The first-order valence-corrected chi connectivity index (χ1v) is 25.3. The summed E-state index contributed by atoms with van der Waals surface area (Å²) >= 11 is -3.15. The Morgan fingerprint density at radius 1 is 0.586 bits per heavy atom. The van der Waals surface area contributed by atoms with Crippen LogP contribution in [0.5, 0.6) is 0 Å². The van der Waals surface area contributed by atoms with E-state index in [2.05, 4.69) is 202 Å². The van der Waals surface area contributed by atoms with Crippen LogP contribution in [0.1, 0.15) is 175 Å². The van der Waals surface area contributed by atoms with Gasteiger partial charge in [0.15, 0.2) is 0 Å². The average Bonchev–Trinajstić information content (AvgIpc) is 3.69. The smallest absolute Gasteiger partial charge is 1.00 e. The molecule has 310 valence electrons.